The summed E-state index contributed by atoms with van der Waals surface area (Å²) in [5.74, 6) is -1.10. The van der Waals surface area contributed by atoms with E-state index in [0.717, 1.165) is 6.07 Å². The van der Waals surface area contributed by atoms with E-state index in [9.17, 15) is 8.78 Å². The van der Waals surface area contributed by atoms with Crippen LogP contribution in [0.1, 0.15) is 17.9 Å². The summed E-state index contributed by atoms with van der Waals surface area (Å²) in [5.41, 5.74) is 0.623. The zero-order valence-electron chi connectivity index (χ0n) is 8.00. The number of nitriles is 1. The molecule has 1 heterocycles. The minimum Gasteiger partial charge on any atom is -0.301 e. The van der Waals surface area contributed by atoms with Crippen molar-refractivity contribution in [1.29, 1.82) is 5.26 Å². The molecule has 0 aliphatic carbocycles. The third kappa shape index (κ3) is 2.13. The highest BCUT2D eigenvalue weighted by atomic mass is 19.1. The molecule has 1 aliphatic heterocycles. The van der Waals surface area contributed by atoms with Crippen LogP contribution in [0.25, 0.3) is 0 Å². The Hall–Kier alpha value is -1.47. The molecule has 0 aromatic heterocycles. The maximum absolute atomic E-state index is 12.9. The third-order valence-electron chi connectivity index (χ3n) is 2.64. The van der Waals surface area contributed by atoms with Crippen LogP contribution in [0, 0.1) is 23.0 Å². The Bertz CT molecular complexity index is 391. The molecule has 1 aromatic carbocycles. The molecule has 1 saturated heterocycles. The van der Waals surface area contributed by atoms with Crippen LogP contribution in [0.15, 0.2) is 18.2 Å². The molecular formula is C11H10F2N2. The van der Waals surface area contributed by atoms with Gasteiger partial charge in [-0.15, -0.1) is 0 Å². The van der Waals surface area contributed by atoms with Crippen molar-refractivity contribution in [2.45, 2.75) is 18.4 Å². The Labute approximate surface area is 86.5 Å². The number of nitrogens with one attached hydrogen (secondary N) is 1. The number of benzene rings is 1. The van der Waals surface area contributed by atoms with Gasteiger partial charge < -0.3 is 5.32 Å². The molecule has 1 unspecified atom stereocenters. The van der Waals surface area contributed by atoms with Gasteiger partial charge in [0.25, 0.3) is 0 Å². The van der Waals surface area contributed by atoms with Crippen molar-refractivity contribution in [3.8, 4) is 6.07 Å². The van der Waals surface area contributed by atoms with Gasteiger partial charge in [-0.05, 0) is 30.0 Å². The van der Waals surface area contributed by atoms with E-state index < -0.39 is 11.6 Å². The van der Waals surface area contributed by atoms with Crippen molar-refractivity contribution in [1.82, 2.24) is 5.32 Å². The first-order valence-electron chi connectivity index (χ1n) is 4.78. The first kappa shape index (κ1) is 10.1. The third-order valence-corrected chi connectivity index (χ3v) is 2.64. The summed E-state index contributed by atoms with van der Waals surface area (Å²) in [6.07, 6.45) is 0.611. The molecule has 2 nitrogen and oxygen atoms in total. The van der Waals surface area contributed by atoms with E-state index in [4.69, 9.17) is 5.26 Å². The maximum Gasteiger partial charge on any atom is 0.126 e. The summed E-state index contributed by atoms with van der Waals surface area (Å²) in [6.45, 7) is 0.598. The molecule has 15 heavy (non-hydrogen) atoms. The van der Waals surface area contributed by atoms with Gasteiger partial charge in [0.2, 0.25) is 0 Å². The lowest BCUT2D eigenvalue weighted by atomic mass is 9.96. The van der Waals surface area contributed by atoms with Gasteiger partial charge in [-0.25, -0.2) is 8.78 Å². The van der Waals surface area contributed by atoms with Crippen molar-refractivity contribution in [2.75, 3.05) is 6.54 Å². The monoisotopic (exact) mass is 208 g/mol. The Morgan fingerprint density at radius 2 is 1.93 bits per heavy atom. The van der Waals surface area contributed by atoms with Gasteiger partial charge in [0.15, 0.2) is 0 Å². The second-order valence-electron chi connectivity index (χ2n) is 3.73. The van der Waals surface area contributed by atoms with Crippen molar-refractivity contribution < 1.29 is 8.78 Å². The normalized spacial score (nSPS) is 25.1. The molecule has 1 aliphatic rings. The van der Waals surface area contributed by atoms with E-state index >= 15 is 0 Å². The Balaban J connectivity index is 2.21. The molecule has 0 spiro atoms. The maximum atomic E-state index is 12.9. The topological polar surface area (TPSA) is 35.8 Å². The standard InChI is InChI=1S/C11H10F2N2/c12-9-1-7(2-10(13)4-9)8-3-11(5-14)15-6-8/h1-2,4,8,11,15H,3,6H2/t8-,11?/m0/s1. The van der Waals surface area contributed by atoms with Crippen molar-refractivity contribution in [2.24, 2.45) is 0 Å². The molecule has 0 bridgehead atoms. The van der Waals surface area contributed by atoms with Gasteiger partial charge in [-0.3, -0.25) is 0 Å². The molecule has 0 amide bonds. The van der Waals surface area contributed by atoms with Gasteiger partial charge in [0, 0.05) is 12.6 Å². The zero-order valence-corrected chi connectivity index (χ0v) is 8.00. The molecule has 2 atom stereocenters. The fourth-order valence-corrected chi connectivity index (χ4v) is 1.90. The highest BCUT2D eigenvalue weighted by Crippen LogP contribution is 2.26. The van der Waals surface area contributed by atoms with E-state index in [1.807, 2.05) is 0 Å². The Morgan fingerprint density at radius 3 is 2.47 bits per heavy atom. The van der Waals surface area contributed by atoms with Crippen LogP contribution >= 0.6 is 0 Å². The summed E-state index contributed by atoms with van der Waals surface area (Å²) < 4.78 is 25.9. The average Bonchev–Trinajstić information content (AvgIpc) is 2.64. The SMILES string of the molecule is N#CC1C[C@H](c2cc(F)cc(F)c2)CN1. The molecule has 1 fully saturated rings. The van der Waals surface area contributed by atoms with Crippen LogP contribution in [0.3, 0.4) is 0 Å². The lowest BCUT2D eigenvalue weighted by Gasteiger charge is -2.08. The zero-order chi connectivity index (χ0) is 10.8. The highest BCUT2D eigenvalue weighted by Gasteiger charge is 2.25. The first-order chi connectivity index (χ1) is 7.19. The van der Waals surface area contributed by atoms with E-state index in [1.165, 1.54) is 12.1 Å². The van der Waals surface area contributed by atoms with Gasteiger partial charge >= 0.3 is 0 Å². The number of hydrogen-bond acceptors (Lipinski definition) is 2. The van der Waals surface area contributed by atoms with Crippen molar-refractivity contribution >= 4 is 0 Å². The van der Waals surface area contributed by atoms with Crippen molar-refractivity contribution in [3.05, 3.63) is 35.4 Å². The lowest BCUT2D eigenvalue weighted by Crippen LogP contribution is -2.18. The fraction of sp³-hybridized carbons (Fsp3) is 0.364. The molecular weight excluding hydrogens is 198 g/mol. The summed E-state index contributed by atoms with van der Waals surface area (Å²) >= 11 is 0. The molecule has 0 saturated carbocycles. The Kier molecular flexibility index (Phi) is 2.65. The quantitative estimate of drug-likeness (QED) is 0.765. The van der Waals surface area contributed by atoms with Crippen molar-refractivity contribution in [3.63, 3.8) is 0 Å². The van der Waals surface area contributed by atoms with E-state index in [1.54, 1.807) is 0 Å². The molecule has 2 rings (SSSR count). The Morgan fingerprint density at radius 1 is 1.27 bits per heavy atom. The number of hydrogen-bond donors (Lipinski definition) is 1. The van der Waals surface area contributed by atoms with Crippen LogP contribution in [0.4, 0.5) is 8.78 Å². The van der Waals surface area contributed by atoms with E-state index in [0.29, 0.717) is 18.5 Å². The minimum absolute atomic E-state index is 0.0276. The van der Waals surface area contributed by atoms with Crippen LogP contribution in [-0.2, 0) is 0 Å². The second kappa shape index (κ2) is 3.95. The molecule has 4 heteroatoms. The summed E-state index contributed by atoms with van der Waals surface area (Å²) in [7, 11) is 0. The number of rotatable bonds is 1. The van der Waals surface area contributed by atoms with Crippen LogP contribution in [0.5, 0.6) is 0 Å². The highest BCUT2D eigenvalue weighted by molar-refractivity contribution is 5.24. The fourth-order valence-electron chi connectivity index (χ4n) is 1.90. The molecule has 1 N–H and O–H groups in total. The minimum atomic E-state index is -0.564. The number of halogens is 2. The van der Waals surface area contributed by atoms with Crippen LogP contribution < -0.4 is 5.32 Å². The lowest BCUT2D eigenvalue weighted by molar-refractivity contribution is 0.574. The van der Waals surface area contributed by atoms with E-state index in [-0.39, 0.29) is 12.0 Å². The first-order valence-corrected chi connectivity index (χ1v) is 4.78. The second-order valence-corrected chi connectivity index (χ2v) is 3.73. The predicted molar refractivity (Wildman–Crippen MR) is 51.1 cm³/mol. The van der Waals surface area contributed by atoms with Crippen LogP contribution in [-0.4, -0.2) is 12.6 Å². The summed E-state index contributed by atoms with van der Waals surface area (Å²) in [6, 6.07) is 5.40. The molecule has 1 aromatic rings. The van der Waals surface area contributed by atoms with E-state index in [2.05, 4.69) is 11.4 Å². The average molecular weight is 208 g/mol. The smallest absolute Gasteiger partial charge is 0.126 e. The largest absolute Gasteiger partial charge is 0.301 e. The van der Waals surface area contributed by atoms with Gasteiger partial charge in [0.1, 0.15) is 11.6 Å². The molecule has 78 valence electrons. The van der Waals surface area contributed by atoms with Gasteiger partial charge in [-0.1, -0.05) is 0 Å². The predicted octanol–water partition coefficient (Wildman–Crippen LogP) is 1.93. The summed E-state index contributed by atoms with van der Waals surface area (Å²) in [4.78, 5) is 0. The number of nitrogens with zero attached hydrogens (tertiary/aromatic N) is 1. The van der Waals surface area contributed by atoms with Gasteiger partial charge in [-0.2, -0.15) is 5.26 Å². The van der Waals surface area contributed by atoms with Crippen LogP contribution in [0.2, 0.25) is 0 Å². The molecule has 0 radical (unpaired) electrons. The summed E-state index contributed by atoms with van der Waals surface area (Å²) in [5, 5.41) is 11.7. The van der Waals surface area contributed by atoms with Gasteiger partial charge in [0.05, 0.1) is 12.1 Å².